The molecule has 194 valence electrons. The average Bonchev–Trinajstić information content (AvgIpc) is 3.40. The van der Waals surface area contributed by atoms with Crippen molar-refractivity contribution in [2.45, 2.75) is 50.7 Å². The van der Waals surface area contributed by atoms with Crippen molar-refractivity contribution in [3.8, 4) is 5.75 Å². The summed E-state index contributed by atoms with van der Waals surface area (Å²) in [6.45, 7) is -0.376. The van der Waals surface area contributed by atoms with E-state index < -0.39 is 24.4 Å². The van der Waals surface area contributed by atoms with Crippen LogP contribution < -0.4 is 10.1 Å². The van der Waals surface area contributed by atoms with Gasteiger partial charge in [0.1, 0.15) is 6.04 Å². The molecule has 3 aromatic rings. The summed E-state index contributed by atoms with van der Waals surface area (Å²) in [6.07, 6.45) is 4.26. The van der Waals surface area contributed by atoms with Crippen molar-refractivity contribution in [1.29, 1.82) is 0 Å². The van der Waals surface area contributed by atoms with E-state index in [0.29, 0.717) is 22.0 Å². The van der Waals surface area contributed by atoms with Gasteiger partial charge in [0.2, 0.25) is 5.91 Å². The lowest BCUT2D eigenvalue weighted by atomic mass is 10.0. The number of amides is 2. The van der Waals surface area contributed by atoms with Gasteiger partial charge in [0, 0.05) is 29.1 Å². The van der Waals surface area contributed by atoms with Crippen LogP contribution in [0.1, 0.15) is 36.8 Å². The van der Waals surface area contributed by atoms with Crippen LogP contribution in [0.25, 0.3) is 0 Å². The summed E-state index contributed by atoms with van der Waals surface area (Å²) in [5, 5.41) is 3.99. The third-order valence-corrected chi connectivity index (χ3v) is 7.10. The van der Waals surface area contributed by atoms with Crippen molar-refractivity contribution in [2.24, 2.45) is 0 Å². The summed E-state index contributed by atoms with van der Waals surface area (Å²) in [7, 11) is 0. The number of hydrogen-bond donors (Lipinski definition) is 1. The molecule has 3 aromatic carbocycles. The maximum Gasteiger partial charge on any atom is 0.261 e. The third kappa shape index (κ3) is 7.46. The summed E-state index contributed by atoms with van der Waals surface area (Å²) in [6, 6.07) is 19.7. The van der Waals surface area contributed by atoms with Crippen LogP contribution in [0.2, 0.25) is 10.0 Å². The van der Waals surface area contributed by atoms with Crippen LogP contribution in [0.5, 0.6) is 5.75 Å². The fourth-order valence-corrected chi connectivity index (χ4v) is 5.01. The minimum absolute atomic E-state index is 0.0321. The van der Waals surface area contributed by atoms with E-state index in [1.54, 1.807) is 30.3 Å². The molecule has 37 heavy (non-hydrogen) atoms. The van der Waals surface area contributed by atoms with Crippen molar-refractivity contribution in [3.05, 3.63) is 99.8 Å². The predicted octanol–water partition coefficient (Wildman–Crippen LogP) is 6.21. The second-order valence-electron chi connectivity index (χ2n) is 9.17. The number of hydrogen-bond acceptors (Lipinski definition) is 3. The largest absolute Gasteiger partial charge is 0.481 e. The molecule has 1 fully saturated rings. The van der Waals surface area contributed by atoms with Crippen molar-refractivity contribution < 1.29 is 18.7 Å². The number of para-hydroxylation sites is 1. The molecule has 4 rings (SSSR count). The molecule has 0 bridgehead atoms. The van der Waals surface area contributed by atoms with Gasteiger partial charge in [-0.2, -0.15) is 0 Å². The van der Waals surface area contributed by atoms with Crippen LogP contribution in [-0.4, -0.2) is 35.4 Å². The lowest BCUT2D eigenvalue weighted by Crippen LogP contribution is -2.53. The van der Waals surface area contributed by atoms with E-state index >= 15 is 0 Å². The molecule has 1 saturated carbocycles. The summed E-state index contributed by atoms with van der Waals surface area (Å²) in [4.78, 5) is 28.7. The number of rotatable bonds is 10. The summed E-state index contributed by atoms with van der Waals surface area (Å²) < 4.78 is 19.7. The summed E-state index contributed by atoms with van der Waals surface area (Å²) in [5.74, 6) is -1.30. The van der Waals surface area contributed by atoms with Crippen molar-refractivity contribution in [1.82, 2.24) is 10.2 Å². The molecule has 0 aliphatic heterocycles. The van der Waals surface area contributed by atoms with E-state index in [4.69, 9.17) is 27.9 Å². The van der Waals surface area contributed by atoms with Gasteiger partial charge >= 0.3 is 0 Å². The van der Waals surface area contributed by atoms with Crippen molar-refractivity contribution in [3.63, 3.8) is 0 Å². The smallest absolute Gasteiger partial charge is 0.261 e. The topological polar surface area (TPSA) is 58.6 Å². The molecule has 0 saturated heterocycles. The van der Waals surface area contributed by atoms with Crippen molar-refractivity contribution >= 4 is 35.0 Å². The Kier molecular flexibility index (Phi) is 9.42. The lowest BCUT2D eigenvalue weighted by Gasteiger charge is -2.32. The van der Waals surface area contributed by atoms with E-state index in [0.717, 1.165) is 31.2 Å². The lowest BCUT2D eigenvalue weighted by molar-refractivity contribution is -0.143. The van der Waals surface area contributed by atoms with E-state index in [1.807, 2.05) is 30.3 Å². The number of nitrogens with zero attached hydrogens (tertiary/aromatic N) is 1. The number of nitrogens with one attached hydrogen (secondary N) is 1. The Bertz CT molecular complexity index is 1220. The Balaban J connectivity index is 1.64. The predicted molar refractivity (Wildman–Crippen MR) is 143 cm³/mol. The Morgan fingerprint density at radius 1 is 1.00 bits per heavy atom. The Labute approximate surface area is 226 Å². The fraction of sp³-hybridized carbons (Fsp3) is 0.310. The molecule has 0 heterocycles. The first-order valence-corrected chi connectivity index (χ1v) is 13.1. The van der Waals surface area contributed by atoms with E-state index in [2.05, 4.69) is 5.32 Å². The molecule has 0 unspecified atom stereocenters. The SMILES string of the molecule is O=C(NC1CCCC1)[C@@H](Cc1ccccc1)N(Cc1ccc(Cl)cc1Cl)C(=O)COc1ccccc1F. The van der Waals surface area contributed by atoms with Crippen LogP contribution in [0.4, 0.5) is 4.39 Å². The number of ether oxygens (including phenoxy) is 1. The van der Waals surface area contributed by atoms with Gasteiger partial charge in [-0.15, -0.1) is 0 Å². The number of carbonyl (C=O) groups is 2. The molecule has 0 spiro atoms. The average molecular weight is 543 g/mol. The second kappa shape index (κ2) is 12.9. The van der Waals surface area contributed by atoms with Crippen molar-refractivity contribution in [2.75, 3.05) is 6.61 Å². The minimum atomic E-state index is -0.827. The minimum Gasteiger partial charge on any atom is -0.481 e. The maximum atomic E-state index is 14.1. The van der Waals surface area contributed by atoms with Crippen LogP contribution in [0, 0.1) is 5.82 Å². The monoisotopic (exact) mass is 542 g/mol. The van der Waals surface area contributed by atoms with Crippen LogP contribution in [0.15, 0.2) is 72.8 Å². The van der Waals surface area contributed by atoms with Gasteiger partial charge in [-0.1, -0.05) is 84.6 Å². The summed E-state index contributed by atoms with van der Waals surface area (Å²) in [5.41, 5.74) is 1.54. The molecule has 0 aromatic heterocycles. The molecule has 1 aliphatic rings. The van der Waals surface area contributed by atoms with Gasteiger partial charge < -0.3 is 15.0 Å². The van der Waals surface area contributed by atoms with Gasteiger partial charge in [0.05, 0.1) is 0 Å². The highest BCUT2D eigenvalue weighted by Gasteiger charge is 2.33. The maximum absolute atomic E-state index is 14.1. The summed E-state index contributed by atoms with van der Waals surface area (Å²) >= 11 is 12.5. The molecular weight excluding hydrogens is 514 g/mol. The zero-order valence-electron chi connectivity index (χ0n) is 20.3. The standard InChI is InChI=1S/C29H29Cl2FN2O3/c30-22-15-14-21(24(31)17-22)18-34(28(35)19-37-27-13-7-6-12-25(27)32)26(16-20-8-2-1-3-9-20)29(36)33-23-10-4-5-11-23/h1-3,6-9,12-15,17,23,26H,4-5,10-11,16,18-19H2,(H,33,36)/t26-/m1/s1. The van der Waals surface area contributed by atoms with E-state index in [-0.39, 0.29) is 24.2 Å². The zero-order chi connectivity index (χ0) is 26.2. The first-order chi connectivity index (χ1) is 17.9. The van der Waals surface area contributed by atoms with E-state index in [1.165, 1.54) is 17.0 Å². The van der Waals surface area contributed by atoms with Gasteiger partial charge in [0.15, 0.2) is 18.2 Å². The second-order valence-corrected chi connectivity index (χ2v) is 10.0. The van der Waals surface area contributed by atoms with Crippen LogP contribution in [-0.2, 0) is 22.6 Å². The molecule has 1 aliphatic carbocycles. The Morgan fingerprint density at radius 2 is 1.70 bits per heavy atom. The number of halogens is 3. The molecule has 2 amide bonds. The highest BCUT2D eigenvalue weighted by Crippen LogP contribution is 2.25. The highest BCUT2D eigenvalue weighted by molar-refractivity contribution is 6.35. The Hall–Kier alpha value is -3.09. The molecule has 1 N–H and O–H groups in total. The molecule has 1 atom stereocenters. The normalized spacial score (nSPS) is 14.2. The van der Waals surface area contributed by atoms with E-state index in [9.17, 15) is 14.0 Å². The highest BCUT2D eigenvalue weighted by atomic mass is 35.5. The molecule has 0 radical (unpaired) electrons. The zero-order valence-corrected chi connectivity index (χ0v) is 21.9. The number of benzene rings is 3. The fourth-order valence-electron chi connectivity index (χ4n) is 4.54. The van der Waals surface area contributed by atoms with Gasteiger partial charge in [-0.3, -0.25) is 9.59 Å². The quantitative estimate of drug-likeness (QED) is 0.331. The molecular formula is C29H29Cl2FN2O3. The van der Waals surface area contributed by atoms with Crippen LogP contribution >= 0.6 is 23.2 Å². The number of carbonyl (C=O) groups excluding carboxylic acids is 2. The first kappa shape index (κ1) is 27.0. The van der Waals surface area contributed by atoms with Gasteiger partial charge in [-0.05, 0) is 48.2 Å². The first-order valence-electron chi connectivity index (χ1n) is 12.4. The Morgan fingerprint density at radius 3 is 2.41 bits per heavy atom. The third-order valence-electron chi connectivity index (χ3n) is 6.52. The van der Waals surface area contributed by atoms with Crippen LogP contribution in [0.3, 0.4) is 0 Å². The van der Waals surface area contributed by atoms with Gasteiger partial charge in [-0.25, -0.2) is 4.39 Å². The molecule has 8 heteroatoms. The molecule has 5 nitrogen and oxygen atoms in total. The van der Waals surface area contributed by atoms with Gasteiger partial charge in [0.25, 0.3) is 5.91 Å².